The lowest BCUT2D eigenvalue weighted by atomic mass is 9.85. The first-order valence-electron chi connectivity index (χ1n) is 4.69. The van der Waals surface area contributed by atoms with Gasteiger partial charge >= 0.3 is 0 Å². The van der Waals surface area contributed by atoms with E-state index < -0.39 is 5.60 Å². The van der Waals surface area contributed by atoms with Crippen molar-refractivity contribution in [2.24, 2.45) is 0 Å². The number of hydrogen-bond donors (Lipinski definition) is 1. The molecular formula is C11H18O. The van der Waals surface area contributed by atoms with E-state index in [1.165, 1.54) is 18.4 Å². The minimum atomic E-state index is -0.637. The Bertz CT molecular complexity index is 189. The molecule has 0 aromatic rings. The van der Waals surface area contributed by atoms with Crippen LogP contribution in [0.3, 0.4) is 0 Å². The fourth-order valence-corrected chi connectivity index (χ4v) is 1.74. The first-order valence-corrected chi connectivity index (χ1v) is 4.69. The minimum Gasteiger partial charge on any atom is -0.385 e. The molecule has 1 rings (SSSR count). The average Bonchev–Trinajstić information content (AvgIpc) is 2.06. The van der Waals surface area contributed by atoms with Crippen molar-refractivity contribution in [3.8, 4) is 0 Å². The van der Waals surface area contributed by atoms with Crippen LogP contribution in [0.5, 0.6) is 0 Å². The molecule has 0 bridgehead atoms. The Morgan fingerprint density at radius 2 is 2.42 bits per heavy atom. The summed E-state index contributed by atoms with van der Waals surface area (Å²) in [5.41, 5.74) is 0.566. The number of allylic oxidation sites excluding steroid dienone is 1. The summed E-state index contributed by atoms with van der Waals surface area (Å²) in [4.78, 5) is 0. The van der Waals surface area contributed by atoms with Crippen LogP contribution < -0.4 is 0 Å². The molecule has 0 aliphatic heterocycles. The third kappa shape index (κ3) is 2.21. The smallest absolute Gasteiger partial charge is 0.0862 e. The largest absolute Gasteiger partial charge is 0.385 e. The van der Waals surface area contributed by atoms with Gasteiger partial charge in [0.05, 0.1) is 5.60 Å². The molecule has 0 saturated heterocycles. The normalized spacial score (nSPS) is 22.7. The first-order chi connectivity index (χ1) is 5.67. The number of rotatable bonds is 3. The van der Waals surface area contributed by atoms with Crippen LogP contribution in [0.15, 0.2) is 24.3 Å². The lowest BCUT2D eigenvalue weighted by Crippen LogP contribution is -2.27. The first kappa shape index (κ1) is 9.53. The van der Waals surface area contributed by atoms with E-state index >= 15 is 0 Å². The molecule has 12 heavy (non-hydrogen) atoms. The van der Waals surface area contributed by atoms with Gasteiger partial charge in [0.15, 0.2) is 0 Å². The van der Waals surface area contributed by atoms with E-state index in [1.54, 1.807) is 6.08 Å². The van der Waals surface area contributed by atoms with E-state index in [2.05, 4.69) is 12.7 Å². The highest BCUT2D eigenvalue weighted by Gasteiger charge is 2.24. The van der Waals surface area contributed by atoms with Crippen LogP contribution in [0.4, 0.5) is 0 Å². The van der Waals surface area contributed by atoms with Crippen molar-refractivity contribution in [2.45, 2.75) is 44.6 Å². The zero-order valence-electron chi connectivity index (χ0n) is 7.84. The van der Waals surface area contributed by atoms with Crippen LogP contribution in [0, 0.1) is 0 Å². The molecule has 1 nitrogen and oxygen atoms in total. The van der Waals surface area contributed by atoms with Crippen LogP contribution in [0.1, 0.15) is 39.0 Å². The molecule has 0 saturated carbocycles. The Morgan fingerprint density at radius 1 is 1.67 bits per heavy atom. The third-order valence-corrected chi connectivity index (χ3v) is 2.52. The van der Waals surface area contributed by atoms with Crippen LogP contribution >= 0.6 is 0 Å². The van der Waals surface area contributed by atoms with Gasteiger partial charge in [-0.25, -0.2) is 0 Å². The van der Waals surface area contributed by atoms with E-state index in [1.807, 2.05) is 6.92 Å². The molecule has 1 heteroatoms. The molecule has 0 unspecified atom stereocenters. The van der Waals surface area contributed by atoms with Gasteiger partial charge in [-0.2, -0.15) is 0 Å². The Kier molecular flexibility index (Phi) is 3.10. The summed E-state index contributed by atoms with van der Waals surface area (Å²) in [5.74, 6) is 0. The Labute approximate surface area is 74.8 Å². The molecule has 0 heterocycles. The minimum absolute atomic E-state index is 0.637. The van der Waals surface area contributed by atoms with Gasteiger partial charge in [-0.3, -0.25) is 0 Å². The van der Waals surface area contributed by atoms with Crippen molar-refractivity contribution in [1.29, 1.82) is 0 Å². The molecule has 0 amide bonds. The van der Waals surface area contributed by atoms with E-state index in [0.29, 0.717) is 6.42 Å². The van der Waals surface area contributed by atoms with Crippen LogP contribution in [-0.2, 0) is 0 Å². The second-order valence-corrected chi connectivity index (χ2v) is 3.74. The predicted octanol–water partition coefficient (Wildman–Crippen LogP) is 2.81. The molecule has 0 radical (unpaired) electrons. The molecule has 1 N–H and O–H groups in total. The van der Waals surface area contributed by atoms with Gasteiger partial charge in [-0.15, -0.1) is 6.58 Å². The molecular weight excluding hydrogens is 148 g/mol. The SMILES string of the molecule is C=CC[C@](C)(O)C1=CCCCC1. The van der Waals surface area contributed by atoms with Gasteiger partial charge < -0.3 is 5.11 Å². The fraction of sp³-hybridized carbons (Fsp3) is 0.636. The monoisotopic (exact) mass is 166 g/mol. The van der Waals surface area contributed by atoms with E-state index in [9.17, 15) is 5.11 Å². The molecule has 0 spiro atoms. The molecule has 0 fully saturated rings. The average molecular weight is 166 g/mol. The maximum absolute atomic E-state index is 10.00. The number of hydrogen-bond acceptors (Lipinski definition) is 1. The van der Waals surface area contributed by atoms with E-state index in [-0.39, 0.29) is 0 Å². The molecule has 0 aromatic carbocycles. The van der Waals surface area contributed by atoms with Crippen molar-refractivity contribution in [3.63, 3.8) is 0 Å². The van der Waals surface area contributed by atoms with Crippen molar-refractivity contribution >= 4 is 0 Å². The molecule has 0 aromatic heterocycles. The lowest BCUT2D eigenvalue weighted by molar-refractivity contribution is 0.0962. The Balaban J connectivity index is 2.65. The zero-order valence-corrected chi connectivity index (χ0v) is 7.84. The van der Waals surface area contributed by atoms with Gasteiger partial charge in [0.1, 0.15) is 0 Å². The molecule has 1 aliphatic carbocycles. The van der Waals surface area contributed by atoms with Crippen molar-refractivity contribution < 1.29 is 5.11 Å². The lowest BCUT2D eigenvalue weighted by Gasteiger charge is -2.27. The summed E-state index contributed by atoms with van der Waals surface area (Å²) in [6.45, 7) is 5.53. The van der Waals surface area contributed by atoms with Gasteiger partial charge in [-0.05, 0) is 44.6 Å². The topological polar surface area (TPSA) is 20.2 Å². The Morgan fingerprint density at radius 3 is 2.92 bits per heavy atom. The van der Waals surface area contributed by atoms with E-state index in [4.69, 9.17) is 0 Å². The second-order valence-electron chi connectivity index (χ2n) is 3.74. The van der Waals surface area contributed by atoms with Gasteiger partial charge in [-0.1, -0.05) is 12.2 Å². The van der Waals surface area contributed by atoms with E-state index in [0.717, 1.165) is 12.8 Å². The summed E-state index contributed by atoms with van der Waals surface area (Å²) in [6.07, 6.45) is 9.32. The van der Waals surface area contributed by atoms with Crippen molar-refractivity contribution in [3.05, 3.63) is 24.3 Å². The van der Waals surface area contributed by atoms with Gasteiger partial charge in [0.2, 0.25) is 0 Å². The summed E-state index contributed by atoms with van der Waals surface area (Å²) in [6, 6.07) is 0. The maximum atomic E-state index is 10.00. The quantitative estimate of drug-likeness (QED) is 0.639. The highest BCUT2D eigenvalue weighted by atomic mass is 16.3. The fourth-order valence-electron chi connectivity index (χ4n) is 1.74. The zero-order chi connectivity index (χ0) is 9.03. The van der Waals surface area contributed by atoms with Crippen LogP contribution in [-0.4, -0.2) is 10.7 Å². The Hall–Kier alpha value is -0.560. The molecule has 68 valence electrons. The second kappa shape index (κ2) is 3.90. The van der Waals surface area contributed by atoms with Crippen LogP contribution in [0.25, 0.3) is 0 Å². The maximum Gasteiger partial charge on any atom is 0.0862 e. The van der Waals surface area contributed by atoms with Crippen molar-refractivity contribution in [2.75, 3.05) is 0 Å². The highest BCUT2D eigenvalue weighted by molar-refractivity contribution is 5.18. The van der Waals surface area contributed by atoms with Crippen LogP contribution in [0.2, 0.25) is 0 Å². The molecule has 1 aliphatic rings. The summed E-state index contributed by atoms with van der Waals surface area (Å²) in [7, 11) is 0. The molecule has 1 atom stereocenters. The van der Waals surface area contributed by atoms with Gasteiger partial charge in [0.25, 0.3) is 0 Å². The highest BCUT2D eigenvalue weighted by Crippen LogP contribution is 2.29. The summed E-state index contributed by atoms with van der Waals surface area (Å²) in [5, 5.41) is 10.00. The standard InChI is InChI=1S/C11H18O/c1-3-9-11(2,12)10-7-5-4-6-8-10/h3,7,12H,1,4-6,8-9H2,2H3/t11-/m0/s1. The predicted molar refractivity (Wildman–Crippen MR) is 52.0 cm³/mol. The summed E-state index contributed by atoms with van der Waals surface area (Å²) >= 11 is 0. The van der Waals surface area contributed by atoms with Crippen molar-refractivity contribution in [1.82, 2.24) is 0 Å². The van der Waals surface area contributed by atoms with Gasteiger partial charge in [0, 0.05) is 0 Å². The number of aliphatic hydroxyl groups is 1. The third-order valence-electron chi connectivity index (χ3n) is 2.52. The summed E-state index contributed by atoms with van der Waals surface area (Å²) < 4.78 is 0.